The van der Waals surface area contributed by atoms with E-state index in [2.05, 4.69) is 15.3 Å². The maximum atomic E-state index is 5.32. The summed E-state index contributed by atoms with van der Waals surface area (Å²) in [5.74, 6) is 1.44. The normalized spacial score (nSPS) is 9.83. The molecular weight excluding hydrogens is 246 g/mol. The highest BCUT2D eigenvalue weighted by atomic mass is 32.1. The van der Waals surface area contributed by atoms with Crippen LogP contribution in [0.1, 0.15) is 12.6 Å². The van der Waals surface area contributed by atoms with Gasteiger partial charge < -0.3 is 10.1 Å². The topological polar surface area (TPSA) is 47.0 Å². The van der Waals surface area contributed by atoms with Crippen LogP contribution in [-0.2, 0) is 0 Å². The van der Waals surface area contributed by atoms with Crippen molar-refractivity contribution in [3.63, 3.8) is 0 Å². The lowest BCUT2D eigenvalue weighted by Gasteiger charge is -2.07. The molecule has 1 N–H and O–H groups in total. The van der Waals surface area contributed by atoms with E-state index in [1.54, 1.807) is 12.4 Å². The molecule has 2 heterocycles. The molecule has 0 radical (unpaired) electrons. The molecule has 0 aliphatic heterocycles. The second kappa shape index (κ2) is 6.07. The van der Waals surface area contributed by atoms with Crippen LogP contribution in [0.15, 0.2) is 42.7 Å². The summed E-state index contributed by atoms with van der Waals surface area (Å²) in [6.07, 6.45) is 3.36. The van der Waals surface area contributed by atoms with E-state index in [1.807, 2.05) is 37.3 Å². The van der Waals surface area contributed by atoms with E-state index in [-0.39, 0.29) is 0 Å². The molecule has 0 unspecified atom stereocenters. The summed E-state index contributed by atoms with van der Waals surface area (Å²) >= 11 is 5.26. The van der Waals surface area contributed by atoms with E-state index in [1.165, 1.54) is 0 Å². The highest BCUT2D eigenvalue weighted by Crippen LogP contribution is 2.10. The summed E-state index contributed by atoms with van der Waals surface area (Å²) in [6.45, 7) is 2.55. The van der Waals surface area contributed by atoms with Gasteiger partial charge in [-0.3, -0.25) is 0 Å². The molecule has 0 aromatic carbocycles. The van der Waals surface area contributed by atoms with Gasteiger partial charge in [-0.05, 0) is 31.2 Å². The molecule has 0 saturated heterocycles. The smallest absolute Gasteiger partial charge is 0.137 e. The number of hydrogen-bond acceptors (Lipinski definition) is 4. The molecule has 0 atom stereocenters. The molecule has 0 spiro atoms. The third-order valence-corrected chi connectivity index (χ3v) is 2.50. The van der Waals surface area contributed by atoms with Crippen molar-refractivity contribution in [2.45, 2.75) is 6.92 Å². The molecule has 0 fully saturated rings. The number of anilines is 1. The SMILES string of the molecule is CCOc1ccc(C(=S)Nc2ccccn2)nc1. The Balaban J connectivity index is 2.05. The molecule has 4 nitrogen and oxygen atoms in total. The van der Waals surface area contributed by atoms with Gasteiger partial charge in [-0.2, -0.15) is 0 Å². The summed E-state index contributed by atoms with van der Waals surface area (Å²) in [6, 6.07) is 9.26. The molecule has 0 bridgehead atoms. The molecular formula is C13H13N3OS. The summed E-state index contributed by atoms with van der Waals surface area (Å²) in [4.78, 5) is 8.92. The van der Waals surface area contributed by atoms with Gasteiger partial charge in [0.2, 0.25) is 0 Å². The number of ether oxygens (including phenoxy) is 1. The monoisotopic (exact) mass is 259 g/mol. The minimum atomic E-state index is 0.539. The minimum absolute atomic E-state index is 0.539. The van der Waals surface area contributed by atoms with E-state index >= 15 is 0 Å². The van der Waals surface area contributed by atoms with Gasteiger partial charge in [0.25, 0.3) is 0 Å². The first kappa shape index (κ1) is 12.4. The fourth-order valence-electron chi connectivity index (χ4n) is 1.38. The first-order chi connectivity index (χ1) is 8.79. The molecule has 0 amide bonds. The van der Waals surface area contributed by atoms with Crippen LogP contribution in [0.4, 0.5) is 5.82 Å². The van der Waals surface area contributed by atoms with Crippen LogP contribution >= 0.6 is 12.2 Å². The largest absolute Gasteiger partial charge is 0.492 e. The number of rotatable bonds is 4. The lowest BCUT2D eigenvalue weighted by Crippen LogP contribution is -2.13. The van der Waals surface area contributed by atoms with Crippen LogP contribution in [0.2, 0.25) is 0 Å². The third-order valence-electron chi connectivity index (χ3n) is 2.19. The summed E-state index contributed by atoms with van der Waals surface area (Å²) < 4.78 is 5.32. The van der Waals surface area contributed by atoms with Crippen molar-refractivity contribution in [1.29, 1.82) is 0 Å². The van der Waals surface area contributed by atoms with Crippen molar-refractivity contribution in [2.24, 2.45) is 0 Å². The fourth-order valence-corrected chi connectivity index (χ4v) is 1.61. The van der Waals surface area contributed by atoms with E-state index in [9.17, 15) is 0 Å². The Morgan fingerprint density at radius 1 is 1.28 bits per heavy atom. The van der Waals surface area contributed by atoms with Crippen molar-refractivity contribution < 1.29 is 4.74 Å². The van der Waals surface area contributed by atoms with Crippen LogP contribution in [-0.4, -0.2) is 21.6 Å². The molecule has 2 aromatic heterocycles. The van der Waals surface area contributed by atoms with Crippen LogP contribution in [0.5, 0.6) is 5.75 Å². The Hall–Kier alpha value is -2.01. The van der Waals surface area contributed by atoms with Gasteiger partial charge in [-0.25, -0.2) is 9.97 Å². The third kappa shape index (κ3) is 3.24. The molecule has 0 aliphatic carbocycles. The molecule has 2 aromatic rings. The van der Waals surface area contributed by atoms with Crippen molar-refractivity contribution in [1.82, 2.24) is 9.97 Å². The van der Waals surface area contributed by atoms with Gasteiger partial charge in [0, 0.05) is 6.20 Å². The van der Waals surface area contributed by atoms with Crippen molar-refractivity contribution >= 4 is 23.0 Å². The van der Waals surface area contributed by atoms with Crippen molar-refractivity contribution in [3.8, 4) is 5.75 Å². The Bertz CT molecular complexity index is 514. The van der Waals surface area contributed by atoms with E-state index < -0.39 is 0 Å². The van der Waals surface area contributed by atoms with Gasteiger partial charge >= 0.3 is 0 Å². The molecule has 18 heavy (non-hydrogen) atoms. The average Bonchev–Trinajstić information content (AvgIpc) is 2.41. The van der Waals surface area contributed by atoms with E-state index in [4.69, 9.17) is 17.0 Å². The first-order valence-electron chi connectivity index (χ1n) is 5.61. The number of aromatic nitrogens is 2. The predicted octanol–water partition coefficient (Wildman–Crippen LogP) is 2.66. The van der Waals surface area contributed by atoms with Crippen LogP contribution < -0.4 is 10.1 Å². The maximum Gasteiger partial charge on any atom is 0.137 e. The quantitative estimate of drug-likeness (QED) is 0.855. The Labute approximate surface area is 111 Å². The molecule has 2 rings (SSSR count). The second-order valence-electron chi connectivity index (χ2n) is 3.48. The highest BCUT2D eigenvalue weighted by Gasteiger charge is 2.04. The number of pyridine rings is 2. The Kier molecular flexibility index (Phi) is 4.20. The van der Waals surface area contributed by atoms with Crippen LogP contribution in [0, 0.1) is 0 Å². The summed E-state index contributed by atoms with van der Waals surface area (Å²) in [7, 11) is 0. The molecule has 0 aliphatic rings. The van der Waals surface area contributed by atoms with Crippen LogP contribution in [0.25, 0.3) is 0 Å². The fraction of sp³-hybridized carbons (Fsp3) is 0.154. The standard InChI is InChI=1S/C13H13N3OS/c1-2-17-10-6-7-11(15-9-10)13(18)16-12-5-3-4-8-14-12/h3-9H,2H2,1H3,(H,14,16,18). The van der Waals surface area contributed by atoms with Gasteiger partial charge in [-0.15, -0.1) is 0 Å². The van der Waals surface area contributed by atoms with Gasteiger partial charge in [0.15, 0.2) is 0 Å². The number of hydrogen-bond donors (Lipinski definition) is 1. The molecule has 92 valence electrons. The Morgan fingerprint density at radius 3 is 2.78 bits per heavy atom. The van der Waals surface area contributed by atoms with Gasteiger partial charge in [0.1, 0.15) is 16.6 Å². The van der Waals surface area contributed by atoms with Gasteiger partial charge in [-0.1, -0.05) is 18.3 Å². The lowest BCUT2D eigenvalue weighted by molar-refractivity contribution is 0.339. The minimum Gasteiger partial charge on any atom is -0.492 e. The van der Waals surface area contributed by atoms with E-state index in [0.29, 0.717) is 23.1 Å². The van der Waals surface area contributed by atoms with E-state index in [0.717, 1.165) is 5.75 Å². The molecule has 0 saturated carbocycles. The molecule has 5 heteroatoms. The number of nitrogens with zero attached hydrogens (tertiary/aromatic N) is 2. The average molecular weight is 259 g/mol. The van der Waals surface area contributed by atoms with Gasteiger partial charge in [0.05, 0.1) is 18.5 Å². The van der Waals surface area contributed by atoms with Crippen molar-refractivity contribution in [3.05, 3.63) is 48.4 Å². The highest BCUT2D eigenvalue weighted by molar-refractivity contribution is 7.81. The lowest BCUT2D eigenvalue weighted by atomic mass is 10.3. The summed E-state index contributed by atoms with van der Waals surface area (Å²) in [5.41, 5.74) is 0.694. The number of thiocarbonyl (C=S) groups is 1. The second-order valence-corrected chi connectivity index (χ2v) is 3.89. The zero-order valence-electron chi connectivity index (χ0n) is 9.96. The van der Waals surface area contributed by atoms with Crippen molar-refractivity contribution in [2.75, 3.05) is 11.9 Å². The first-order valence-corrected chi connectivity index (χ1v) is 6.01. The zero-order chi connectivity index (χ0) is 12.8. The summed E-state index contributed by atoms with van der Waals surface area (Å²) in [5, 5.41) is 3.03. The Morgan fingerprint density at radius 2 is 2.17 bits per heavy atom. The number of nitrogens with one attached hydrogen (secondary N) is 1. The zero-order valence-corrected chi connectivity index (χ0v) is 10.8. The predicted molar refractivity (Wildman–Crippen MR) is 75.0 cm³/mol. The van der Waals surface area contributed by atoms with Crippen LogP contribution in [0.3, 0.4) is 0 Å². The maximum absolute atomic E-state index is 5.32.